The largest absolute Gasteiger partial charge is 0.496 e. The van der Waals surface area contributed by atoms with Gasteiger partial charge in [-0.25, -0.2) is 9.97 Å². The van der Waals surface area contributed by atoms with Crippen molar-refractivity contribution in [3.8, 4) is 5.75 Å². The molecule has 5 nitrogen and oxygen atoms in total. The molecule has 2 aromatic rings. The number of nitrogens with one attached hydrogen (secondary N) is 2. The lowest BCUT2D eigenvalue weighted by atomic mass is 10.1. The van der Waals surface area contributed by atoms with Crippen LogP contribution in [0.25, 0.3) is 0 Å². The van der Waals surface area contributed by atoms with Crippen molar-refractivity contribution < 1.29 is 4.74 Å². The van der Waals surface area contributed by atoms with Crippen molar-refractivity contribution in [1.29, 1.82) is 0 Å². The fourth-order valence-electron chi connectivity index (χ4n) is 3.40. The summed E-state index contributed by atoms with van der Waals surface area (Å²) in [5, 5.41) is 6.96. The second-order valence-electron chi connectivity index (χ2n) is 6.61. The van der Waals surface area contributed by atoms with E-state index in [2.05, 4.69) is 26.7 Å². The molecule has 0 radical (unpaired) electrons. The maximum absolute atomic E-state index is 5.40. The van der Waals surface area contributed by atoms with Gasteiger partial charge in [0.15, 0.2) is 0 Å². The zero-order valence-electron chi connectivity index (χ0n) is 15.0. The molecule has 3 rings (SSSR count). The number of anilines is 2. The minimum atomic E-state index is 0.541. The minimum Gasteiger partial charge on any atom is -0.496 e. The van der Waals surface area contributed by atoms with Crippen LogP contribution >= 0.6 is 0 Å². The Morgan fingerprint density at radius 3 is 2.60 bits per heavy atom. The van der Waals surface area contributed by atoms with Crippen molar-refractivity contribution in [2.75, 3.05) is 24.3 Å². The molecule has 0 atom stereocenters. The molecule has 0 spiro atoms. The summed E-state index contributed by atoms with van der Waals surface area (Å²) in [4.78, 5) is 8.71. The van der Waals surface area contributed by atoms with Crippen LogP contribution in [0.3, 0.4) is 0 Å². The average molecular weight is 340 g/mol. The second-order valence-corrected chi connectivity index (χ2v) is 6.61. The molecule has 1 heterocycles. The third-order valence-corrected chi connectivity index (χ3v) is 4.77. The molecule has 5 heteroatoms. The van der Waals surface area contributed by atoms with E-state index < -0.39 is 0 Å². The molecule has 0 amide bonds. The first-order valence-corrected chi connectivity index (χ1v) is 9.29. The average Bonchev–Trinajstić information content (AvgIpc) is 2.91. The highest BCUT2D eigenvalue weighted by Gasteiger charge is 2.12. The molecule has 1 aliphatic carbocycles. The van der Waals surface area contributed by atoms with Crippen LogP contribution < -0.4 is 15.4 Å². The zero-order valence-corrected chi connectivity index (χ0v) is 15.0. The van der Waals surface area contributed by atoms with E-state index in [9.17, 15) is 0 Å². The van der Waals surface area contributed by atoms with Gasteiger partial charge in [0.05, 0.1) is 7.11 Å². The van der Waals surface area contributed by atoms with E-state index in [-0.39, 0.29) is 0 Å². The maximum Gasteiger partial charge on any atom is 0.131 e. The van der Waals surface area contributed by atoms with Gasteiger partial charge in [0.2, 0.25) is 0 Å². The molecular weight excluding hydrogens is 312 g/mol. The predicted molar refractivity (Wildman–Crippen MR) is 102 cm³/mol. The summed E-state index contributed by atoms with van der Waals surface area (Å²) in [7, 11) is 1.71. The van der Waals surface area contributed by atoms with E-state index in [0.29, 0.717) is 6.04 Å². The van der Waals surface area contributed by atoms with E-state index >= 15 is 0 Å². The number of rotatable bonds is 7. The Morgan fingerprint density at radius 2 is 1.80 bits per heavy atom. The topological polar surface area (TPSA) is 59.1 Å². The van der Waals surface area contributed by atoms with Crippen molar-refractivity contribution in [3.63, 3.8) is 0 Å². The standard InChI is InChI=1S/C20H28N4O/c1-25-18-11-7-6-8-16(18)12-13-21-19-14-20(23-15-22-19)24-17-9-4-2-3-5-10-17/h6-8,11,14-15,17H,2-5,9-10,12-13H2,1H3,(H2,21,22,23,24). The smallest absolute Gasteiger partial charge is 0.131 e. The van der Waals surface area contributed by atoms with E-state index in [0.717, 1.165) is 30.4 Å². The summed E-state index contributed by atoms with van der Waals surface area (Å²) in [5.74, 6) is 2.71. The lowest BCUT2D eigenvalue weighted by Gasteiger charge is -2.17. The number of methoxy groups -OCH3 is 1. The van der Waals surface area contributed by atoms with Crippen LogP contribution in [-0.2, 0) is 6.42 Å². The highest BCUT2D eigenvalue weighted by atomic mass is 16.5. The molecule has 0 aliphatic heterocycles. The summed E-state index contributed by atoms with van der Waals surface area (Å²) < 4.78 is 5.40. The number of nitrogens with zero attached hydrogens (tertiary/aromatic N) is 2. The van der Waals surface area contributed by atoms with E-state index in [1.165, 1.54) is 44.1 Å². The van der Waals surface area contributed by atoms with Crippen molar-refractivity contribution in [3.05, 3.63) is 42.2 Å². The first-order valence-electron chi connectivity index (χ1n) is 9.29. The first-order chi connectivity index (χ1) is 12.3. The molecule has 1 saturated carbocycles. The van der Waals surface area contributed by atoms with Gasteiger partial charge >= 0.3 is 0 Å². The third-order valence-electron chi connectivity index (χ3n) is 4.77. The number of hydrogen-bond donors (Lipinski definition) is 2. The van der Waals surface area contributed by atoms with Crippen LogP contribution in [0.4, 0.5) is 11.6 Å². The van der Waals surface area contributed by atoms with Crippen LogP contribution in [-0.4, -0.2) is 29.7 Å². The summed E-state index contributed by atoms with van der Waals surface area (Å²) in [6.45, 7) is 0.806. The highest BCUT2D eigenvalue weighted by molar-refractivity contribution is 5.47. The molecule has 1 aromatic heterocycles. The Balaban J connectivity index is 1.52. The molecular formula is C20H28N4O. The monoisotopic (exact) mass is 340 g/mol. The molecule has 1 aromatic carbocycles. The van der Waals surface area contributed by atoms with Crippen LogP contribution in [0.2, 0.25) is 0 Å². The molecule has 134 valence electrons. The van der Waals surface area contributed by atoms with Crippen LogP contribution in [0, 0.1) is 0 Å². The Bertz CT molecular complexity index is 654. The quantitative estimate of drug-likeness (QED) is 0.737. The summed E-state index contributed by atoms with van der Waals surface area (Å²) in [6, 6.07) is 10.7. The summed E-state index contributed by atoms with van der Waals surface area (Å²) >= 11 is 0. The molecule has 25 heavy (non-hydrogen) atoms. The first kappa shape index (κ1) is 17.5. The lowest BCUT2D eigenvalue weighted by molar-refractivity contribution is 0.410. The van der Waals surface area contributed by atoms with Crippen LogP contribution in [0.15, 0.2) is 36.7 Å². The Kier molecular flexibility index (Phi) is 6.48. The molecule has 2 N–H and O–H groups in total. The van der Waals surface area contributed by atoms with Crippen molar-refractivity contribution in [2.24, 2.45) is 0 Å². The Morgan fingerprint density at radius 1 is 1.04 bits per heavy atom. The van der Waals surface area contributed by atoms with Gasteiger partial charge in [-0.15, -0.1) is 0 Å². The van der Waals surface area contributed by atoms with Gasteiger partial charge in [0.1, 0.15) is 23.7 Å². The number of para-hydroxylation sites is 1. The normalized spacial score (nSPS) is 15.4. The van der Waals surface area contributed by atoms with Crippen molar-refractivity contribution in [2.45, 2.75) is 51.0 Å². The fourth-order valence-corrected chi connectivity index (χ4v) is 3.40. The number of hydrogen-bond acceptors (Lipinski definition) is 5. The van der Waals surface area contributed by atoms with E-state index in [1.807, 2.05) is 24.3 Å². The van der Waals surface area contributed by atoms with Crippen LogP contribution in [0.5, 0.6) is 5.75 Å². The molecule has 1 fully saturated rings. The molecule has 1 aliphatic rings. The van der Waals surface area contributed by atoms with Crippen LogP contribution in [0.1, 0.15) is 44.1 Å². The number of benzene rings is 1. The Hall–Kier alpha value is -2.30. The van der Waals surface area contributed by atoms with Gasteiger partial charge in [-0.2, -0.15) is 0 Å². The predicted octanol–water partition coefficient (Wildman–Crippen LogP) is 4.27. The SMILES string of the molecule is COc1ccccc1CCNc1cc(NC2CCCCCC2)ncn1. The third kappa shape index (κ3) is 5.34. The fraction of sp³-hybridized carbons (Fsp3) is 0.500. The second kappa shape index (κ2) is 9.25. The van der Waals surface area contributed by atoms with Gasteiger partial charge in [-0.1, -0.05) is 43.9 Å². The number of aromatic nitrogens is 2. The van der Waals surface area contributed by atoms with Gasteiger partial charge in [0, 0.05) is 18.7 Å². The van der Waals surface area contributed by atoms with Gasteiger partial charge in [0.25, 0.3) is 0 Å². The van der Waals surface area contributed by atoms with E-state index in [4.69, 9.17) is 4.74 Å². The van der Waals surface area contributed by atoms with Gasteiger partial charge < -0.3 is 15.4 Å². The Labute approximate surface area is 150 Å². The van der Waals surface area contributed by atoms with E-state index in [1.54, 1.807) is 13.4 Å². The molecule has 0 bridgehead atoms. The van der Waals surface area contributed by atoms with Crippen molar-refractivity contribution in [1.82, 2.24) is 9.97 Å². The van der Waals surface area contributed by atoms with Crippen molar-refractivity contribution >= 4 is 11.6 Å². The lowest BCUT2D eigenvalue weighted by Crippen LogP contribution is -2.19. The molecule has 0 unspecified atom stereocenters. The van der Waals surface area contributed by atoms with Gasteiger partial charge in [-0.05, 0) is 30.9 Å². The van der Waals surface area contributed by atoms with Gasteiger partial charge in [-0.3, -0.25) is 0 Å². The molecule has 0 saturated heterocycles. The summed E-state index contributed by atoms with van der Waals surface area (Å²) in [5.41, 5.74) is 1.20. The number of ether oxygens (including phenoxy) is 1. The maximum atomic E-state index is 5.40. The summed E-state index contributed by atoms with van der Waals surface area (Å²) in [6.07, 6.45) is 10.3. The zero-order chi connectivity index (χ0) is 17.3. The minimum absolute atomic E-state index is 0.541. The highest BCUT2D eigenvalue weighted by Crippen LogP contribution is 2.21.